The van der Waals surface area contributed by atoms with Crippen LogP contribution in [0, 0.1) is 11.8 Å². The van der Waals surface area contributed by atoms with E-state index in [-0.39, 0.29) is 5.97 Å². The molecule has 7 heteroatoms. The largest absolute Gasteiger partial charge is 0.462 e. The molecule has 0 amide bonds. The lowest BCUT2D eigenvalue weighted by atomic mass is 9.99. The van der Waals surface area contributed by atoms with Crippen molar-refractivity contribution in [1.82, 2.24) is 9.97 Å². The van der Waals surface area contributed by atoms with E-state index < -0.39 is 0 Å². The Morgan fingerprint density at radius 2 is 1.93 bits per heavy atom. The van der Waals surface area contributed by atoms with Crippen LogP contribution in [0.15, 0.2) is 30.6 Å². The lowest BCUT2D eigenvalue weighted by Gasteiger charge is -2.32. The van der Waals surface area contributed by atoms with Gasteiger partial charge in [0.25, 0.3) is 0 Å². The van der Waals surface area contributed by atoms with Gasteiger partial charge in [-0.2, -0.15) is 0 Å². The molecule has 1 aromatic carbocycles. The first-order valence-electron chi connectivity index (χ1n) is 9.83. The van der Waals surface area contributed by atoms with Gasteiger partial charge in [0.1, 0.15) is 12.0 Å². The predicted octanol–water partition coefficient (Wildman–Crippen LogP) is 3.85. The number of aromatic nitrogens is 2. The van der Waals surface area contributed by atoms with Gasteiger partial charge < -0.3 is 20.7 Å². The monoisotopic (exact) mass is 383 g/mol. The number of ether oxygens (including phenoxy) is 1. The van der Waals surface area contributed by atoms with E-state index in [1.54, 1.807) is 12.1 Å². The summed E-state index contributed by atoms with van der Waals surface area (Å²) in [5, 5.41) is 3.22. The van der Waals surface area contributed by atoms with Crippen LogP contribution in [-0.2, 0) is 4.74 Å². The summed E-state index contributed by atoms with van der Waals surface area (Å²) in [6.07, 6.45) is 3.81. The van der Waals surface area contributed by atoms with Crippen LogP contribution in [-0.4, -0.2) is 35.6 Å². The molecule has 0 saturated carbocycles. The molecular formula is C21H29N5O2. The molecule has 28 heavy (non-hydrogen) atoms. The van der Waals surface area contributed by atoms with Gasteiger partial charge in [-0.25, -0.2) is 14.8 Å². The summed E-state index contributed by atoms with van der Waals surface area (Å²) in [4.78, 5) is 22.9. The van der Waals surface area contributed by atoms with Gasteiger partial charge in [0.05, 0.1) is 12.2 Å². The third kappa shape index (κ3) is 4.91. The zero-order valence-electron chi connectivity index (χ0n) is 16.8. The Morgan fingerprint density at radius 1 is 1.25 bits per heavy atom. The van der Waals surface area contributed by atoms with Gasteiger partial charge in [-0.1, -0.05) is 20.8 Å². The number of piperidine rings is 1. The van der Waals surface area contributed by atoms with Crippen LogP contribution in [0.4, 0.5) is 23.0 Å². The van der Waals surface area contributed by atoms with Crippen molar-refractivity contribution in [3.63, 3.8) is 0 Å². The molecule has 1 fully saturated rings. The summed E-state index contributed by atoms with van der Waals surface area (Å²) < 4.78 is 5.25. The zero-order valence-corrected chi connectivity index (χ0v) is 16.8. The number of hydrogen-bond donors (Lipinski definition) is 2. The number of nitrogens with zero attached hydrogens (tertiary/aromatic N) is 3. The Kier molecular flexibility index (Phi) is 6.34. The van der Waals surface area contributed by atoms with E-state index in [9.17, 15) is 4.79 Å². The average Bonchev–Trinajstić information content (AvgIpc) is 2.69. The number of rotatable bonds is 6. The minimum Gasteiger partial charge on any atom is -0.462 e. The van der Waals surface area contributed by atoms with Crippen LogP contribution in [0.2, 0.25) is 0 Å². The van der Waals surface area contributed by atoms with E-state index in [1.807, 2.05) is 26.0 Å². The number of carbonyl (C=O) groups is 1. The molecule has 0 atom stereocenters. The summed E-state index contributed by atoms with van der Waals surface area (Å²) in [5.74, 6) is 2.08. The van der Waals surface area contributed by atoms with Crippen molar-refractivity contribution >= 4 is 29.0 Å². The first-order chi connectivity index (χ1) is 13.4. The van der Waals surface area contributed by atoms with Crippen molar-refractivity contribution in [3.05, 3.63) is 36.2 Å². The highest BCUT2D eigenvalue weighted by molar-refractivity contribution is 5.90. The molecule has 1 saturated heterocycles. The summed E-state index contributed by atoms with van der Waals surface area (Å²) in [6.45, 7) is 8.60. The van der Waals surface area contributed by atoms with Gasteiger partial charge >= 0.3 is 5.97 Å². The van der Waals surface area contributed by atoms with Crippen LogP contribution in [0.3, 0.4) is 0 Å². The number of nitrogen functional groups attached to an aromatic ring is 1. The van der Waals surface area contributed by atoms with Gasteiger partial charge in [-0.05, 0) is 48.9 Å². The summed E-state index contributed by atoms with van der Waals surface area (Å²) in [7, 11) is 0. The third-order valence-corrected chi connectivity index (χ3v) is 4.88. The van der Waals surface area contributed by atoms with Crippen LogP contribution in [0.1, 0.15) is 44.0 Å². The lowest BCUT2D eigenvalue weighted by Crippen LogP contribution is -2.34. The number of hydrogen-bond acceptors (Lipinski definition) is 7. The molecule has 2 aromatic rings. The first-order valence-corrected chi connectivity index (χ1v) is 9.83. The highest BCUT2D eigenvalue weighted by atomic mass is 16.5. The Labute approximate surface area is 166 Å². The maximum Gasteiger partial charge on any atom is 0.338 e. The molecule has 0 unspecified atom stereocenters. The van der Waals surface area contributed by atoms with E-state index in [2.05, 4.69) is 27.1 Å². The van der Waals surface area contributed by atoms with Crippen molar-refractivity contribution in [2.45, 2.75) is 33.6 Å². The fraction of sp³-hybridized carbons (Fsp3) is 0.476. The molecule has 150 valence electrons. The van der Waals surface area contributed by atoms with E-state index in [0.29, 0.717) is 29.6 Å². The van der Waals surface area contributed by atoms with Gasteiger partial charge in [-0.3, -0.25) is 0 Å². The maximum absolute atomic E-state index is 12.0. The zero-order chi connectivity index (χ0) is 20.1. The lowest BCUT2D eigenvalue weighted by molar-refractivity contribution is 0.0459. The number of nitrogens with two attached hydrogens (primary N) is 1. The van der Waals surface area contributed by atoms with Crippen molar-refractivity contribution in [2.75, 3.05) is 35.6 Å². The molecule has 2 heterocycles. The smallest absolute Gasteiger partial charge is 0.338 e. The molecule has 3 N–H and O–H groups in total. The third-order valence-electron chi connectivity index (χ3n) is 4.88. The van der Waals surface area contributed by atoms with Crippen molar-refractivity contribution < 1.29 is 9.53 Å². The minimum absolute atomic E-state index is 0.308. The Morgan fingerprint density at radius 3 is 2.57 bits per heavy atom. The Balaban J connectivity index is 1.68. The van der Waals surface area contributed by atoms with E-state index in [1.165, 1.54) is 6.33 Å². The van der Waals surface area contributed by atoms with Crippen molar-refractivity contribution in [1.29, 1.82) is 0 Å². The molecule has 0 aliphatic carbocycles. The van der Waals surface area contributed by atoms with Crippen LogP contribution in [0.5, 0.6) is 0 Å². The average molecular weight is 383 g/mol. The first kappa shape index (κ1) is 19.9. The predicted molar refractivity (Wildman–Crippen MR) is 112 cm³/mol. The van der Waals surface area contributed by atoms with Crippen molar-refractivity contribution in [3.8, 4) is 0 Å². The number of anilines is 4. The minimum atomic E-state index is -0.316. The number of esters is 1. The van der Waals surface area contributed by atoms with Crippen molar-refractivity contribution in [2.24, 2.45) is 11.8 Å². The highest BCUT2D eigenvalue weighted by Crippen LogP contribution is 2.31. The standard InChI is InChI=1S/C21H29N5O2/c1-14(2)12-28-21(27)16-4-6-17(7-5-16)25-19-18(22)20(24-13-23-19)26-10-8-15(3)9-11-26/h4-7,13-15H,8-12,22H2,1-3H3,(H,23,24,25). The maximum atomic E-state index is 12.0. The Bertz CT molecular complexity index is 799. The second-order valence-corrected chi connectivity index (χ2v) is 7.82. The van der Waals surface area contributed by atoms with Gasteiger partial charge in [-0.15, -0.1) is 0 Å². The van der Waals surface area contributed by atoms with E-state index in [4.69, 9.17) is 10.5 Å². The Hall–Kier alpha value is -2.83. The topological polar surface area (TPSA) is 93.4 Å². The van der Waals surface area contributed by atoms with Crippen LogP contribution in [0.25, 0.3) is 0 Å². The summed E-state index contributed by atoms with van der Waals surface area (Å²) in [5.41, 5.74) is 8.19. The highest BCUT2D eigenvalue weighted by Gasteiger charge is 2.20. The number of benzene rings is 1. The van der Waals surface area contributed by atoms with Crippen LogP contribution < -0.4 is 16.0 Å². The summed E-state index contributed by atoms with van der Waals surface area (Å²) in [6, 6.07) is 7.09. The van der Waals surface area contributed by atoms with Crippen LogP contribution >= 0.6 is 0 Å². The molecule has 0 spiro atoms. The SMILES string of the molecule is CC(C)COC(=O)c1ccc(Nc2ncnc(N3CCC(C)CC3)c2N)cc1. The molecule has 0 radical (unpaired) electrons. The number of nitrogens with one attached hydrogen (secondary N) is 1. The van der Waals surface area contributed by atoms with Gasteiger partial charge in [0.2, 0.25) is 0 Å². The van der Waals surface area contributed by atoms with Gasteiger partial charge in [0.15, 0.2) is 11.6 Å². The molecule has 7 nitrogen and oxygen atoms in total. The quantitative estimate of drug-likeness (QED) is 0.732. The fourth-order valence-electron chi connectivity index (χ4n) is 3.11. The molecule has 3 rings (SSSR count). The van der Waals surface area contributed by atoms with Gasteiger partial charge in [0, 0.05) is 18.8 Å². The fourth-order valence-corrected chi connectivity index (χ4v) is 3.11. The molecular weight excluding hydrogens is 354 g/mol. The summed E-state index contributed by atoms with van der Waals surface area (Å²) >= 11 is 0. The molecule has 0 bridgehead atoms. The van der Waals surface area contributed by atoms with E-state index in [0.717, 1.165) is 43.4 Å². The van der Waals surface area contributed by atoms with E-state index >= 15 is 0 Å². The normalized spacial score (nSPS) is 14.9. The molecule has 1 aromatic heterocycles. The molecule has 1 aliphatic heterocycles. The molecule has 1 aliphatic rings. The second kappa shape index (κ2) is 8.91. The number of carbonyl (C=O) groups excluding carboxylic acids is 1. The second-order valence-electron chi connectivity index (χ2n) is 7.82.